The van der Waals surface area contributed by atoms with E-state index in [9.17, 15) is 18.0 Å². The number of alkyl halides is 3. The quantitative estimate of drug-likeness (QED) is 0.329. The van der Waals surface area contributed by atoms with Crippen LogP contribution in [0.15, 0.2) is 55.0 Å². The Morgan fingerprint density at radius 2 is 1.82 bits per heavy atom. The zero-order chi connectivity index (χ0) is 28.2. The van der Waals surface area contributed by atoms with E-state index in [-0.39, 0.29) is 35.8 Å². The molecule has 0 aliphatic heterocycles. The molecule has 3 heterocycles. The van der Waals surface area contributed by atoms with E-state index in [4.69, 9.17) is 0 Å². The Bertz CT molecular complexity index is 1560. The molecule has 0 saturated heterocycles. The Balaban J connectivity index is 0.00000441. The molecule has 3 aromatic heterocycles. The lowest BCUT2D eigenvalue weighted by Crippen LogP contribution is -2.29. The van der Waals surface area contributed by atoms with Crippen molar-refractivity contribution in [1.29, 1.82) is 0 Å². The second-order valence-corrected chi connectivity index (χ2v) is 9.41. The van der Waals surface area contributed by atoms with Gasteiger partial charge in [-0.15, -0.1) is 12.4 Å². The Morgan fingerprint density at radius 3 is 2.55 bits per heavy atom. The number of pyridine rings is 1. The number of anilines is 1. The van der Waals surface area contributed by atoms with E-state index in [2.05, 4.69) is 32.2 Å². The van der Waals surface area contributed by atoms with Crippen molar-refractivity contribution in [3.8, 4) is 11.8 Å². The fraction of sp³-hybridized carbons (Fsp3) is 0.286. The maximum absolute atomic E-state index is 13.9. The van der Waals surface area contributed by atoms with Crippen LogP contribution < -0.4 is 5.32 Å². The van der Waals surface area contributed by atoms with E-state index in [0.717, 1.165) is 12.6 Å². The molecule has 210 valence electrons. The van der Waals surface area contributed by atoms with Crippen molar-refractivity contribution in [3.63, 3.8) is 0 Å². The summed E-state index contributed by atoms with van der Waals surface area (Å²) < 4.78 is 43.2. The smallest absolute Gasteiger partial charge is 0.322 e. The molecule has 0 bridgehead atoms. The number of nitrogens with zero attached hydrogens (tertiary/aromatic N) is 6. The predicted molar refractivity (Wildman–Crippen MR) is 149 cm³/mol. The van der Waals surface area contributed by atoms with Gasteiger partial charge in [-0.1, -0.05) is 12.0 Å². The average Bonchev–Trinajstić information content (AvgIpc) is 3.30. The van der Waals surface area contributed by atoms with E-state index in [1.165, 1.54) is 18.3 Å². The van der Waals surface area contributed by atoms with E-state index in [0.29, 0.717) is 29.1 Å². The molecule has 0 saturated carbocycles. The van der Waals surface area contributed by atoms with E-state index in [1.807, 2.05) is 23.9 Å². The van der Waals surface area contributed by atoms with Crippen LogP contribution in [-0.4, -0.2) is 69.5 Å². The van der Waals surface area contributed by atoms with Gasteiger partial charge in [-0.25, -0.2) is 9.50 Å². The number of aryl methyl sites for hydroxylation is 1. The first kappa shape index (κ1) is 30.6. The molecule has 8 nitrogen and oxygen atoms in total. The van der Waals surface area contributed by atoms with Gasteiger partial charge >= 0.3 is 6.18 Å². The van der Waals surface area contributed by atoms with E-state index in [1.54, 1.807) is 49.1 Å². The zero-order valence-electron chi connectivity index (χ0n) is 22.5. The number of hydrogen-bond acceptors (Lipinski definition) is 6. The summed E-state index contributed by atoms with van der Waals surface area (Å²) in [6.45, 7) is 3.21. The lowest BCUT2D eigenvalue weighted by molar-refractivity contribution is -0.138. The summed E-state index contributed by atoms with van der Waals surface area (Å²) in [4.78, 5) is 25.2. The molecule has 0 radical (unpaired) electrons. The van der Waals surface area contributed by atoms with Crippen LogP contribution in [0.3, 0.4) is 0 Å². The van der Waals surface area contributed by atoms with Gasteiger partial charge in [0.15, 0.2) is 5.65 Å². The van der Waals surface area contributed by atoms with Crippen molar-refractivity contribution >= 4 is 29.6 Å². The molecular formula is C28H29ClF3N7O. The lowest BCUT2D eigenvalue weighted by Gasteiger charge is -2.22. The average molecular weight is 572 g/mol. The van der Waals surface area contributed by atoms with Gasteiger partial charge in [-0.05, 0) is 69.9 Å². The van der Waals surface area contributed by atoms with Crippen molar-refractivity contribution in [1.82, 2.24) is 29.4 Å². The first-order valence-corrected chi connectivity index (χ1v) is 12.1. The van der Waals surface area contributed by atoms with Crippen LogP contribution in [0.5, 0.6) is 0 Å². The van der Waals surface area contributed by atoms with Crippen molar-refractivity contribution in [2.24, 2.45) is 0 Å². The number of rotatable bonds is 7. The van der Waals surface area contributed by atoms with Crippen molar-refractivity contribution in [3.05, 3.63) is 88.6 Å². The fourth-order valence-electron chi connectivity index (χ4n) is 3.83. The number of amides is 1. The Hall–Kier alpha value is -3.98. The zero-order valence-corrected chi connectivity index (χ0v) is 23.3. The number of fused-ring (bicyclic) bond motifs is 1. The third kappa shape index (κ3) is 7.57. The molecule has 4 aromatic rings. The van der Waals surface area contributed by atoms with Crippen LogP contribution in [0.2, 0.25) is 0 Å². The molecule has 0 unspecified atom stereocenters. The first-order valence-electron chi connectivity index (χ1n) is 12.1. The molecule has 4 rings (SSSR count). The van der Waals surface area contributed by atoms with Crippen molar-refractivity contribution < 1.29 is 18.0 Å². The fourth-order valence-corrected chi connectivity index (χ4v) is 3.83. The Labute approximate surface area is 236 Å². The normalized spacial score (nSPS) is 11.3. The topological polar surface area (TPSA) is 78.7 Å². The van der Waals surface area contributed by atoms with Crippen LogP contribution in [0, 0.1) is 18.8 Å². The summed E-state index contributed by atoms with van der Waals surface area (Å²) in [5, 5.41) is 6.78. The highest BCUT2D eigenvalue weighted by molar-refractivity contribution is 6.04. The number of carbonyl (C=O) groups is 1. The molecule has 1 N–H and O–H groups in total. The monoisotopic (exact) mass is 571 g/mol. The summed E-state index contributed by atoms with van der Waals surface area (Å²) in [7, 11) is 5.59. The van der Waals surface area contributed by atoms with Crippen LogP contribution >= 0.6 is 12.4 Å². The third-order valence-electron chi connectivity index (χ3n) is 5.99. The number of likely N-dealkylation sites (N-methyl/N-ethyl adjacent to an activating group) is 2. The van der Waals surface area contributed by atoms with Gasteiger partial charge in [0.05, 0.1) is 23.0 Å². The summed E-state index contributed by atoms with van der Waals surface area (Å²) in [5.74, 6) is 5.38. The third-order valence-corrected chi connectivity index (χ3v) is 5.99. The van der Waals surface area contributed by atoms with Crippen LogP contribution in [0.1, 0.15) is 38.4 Å². The number of carbonyl (C=O) groups excluding carboxylic acids is 1. The van der Waals surface area contributed by atoms with Crippen LogP contribution in [-0.2, 0) is 12.7 Å². The van der Waals surface area contributed by atoms with Gasteiger partial charge in [-0.3, -0.25) is 9.78 Å². The highest BCUT2D eigenvalue weighted by Gasteiger charge is 2.34. The SMILES string of the molecule is Cc1ncc(C(=O)Nc2ccc(CN(C)CCN(C)C)c(C(F)(F)F)c2)cc1C#Cc1cnc2cccnn12.Cl. The van der Waals surface area contributed by atoms with Gasteiger partial charge < -0.3 is 15.1 Å². The van der Waals surface area contributed by atoms with Crippen LogP contribution in [0.25, 0.3) is 5.65 Å². The minimum Gasteiger partial charge on any atom is -0.322 e. The number of benzene rings is 1. The van der Waals surface area contributed by atoms with E-state index < -0.39 is 17.6 Å². The lowest BCUT2D eigenvalue weighted by atomic mass is 10.0. The van der Waals surface area contributed by atoms with Crippen molar-refractivity contribution in [2.75, 3.05) is 39.5 Å². The van der Waals surface area contributed by atoms with Gasteiger partial charge in [0.2, 0.25) is 0 Å². The summed E-state index contributed by atoms with van der Waals surface area (Å²) >= 11 is 0. The Morgan fingerprint density at radius 1 is 1.05 bits per heavy atom. The number of imidazole rings is 1. The molecule has 0 aliphatic carbocycles. The standard InChI is InChI=1S/C28H28F3N7O.ClH/c1-19-20(8-10-24-17-33-26-6-5-11-34-38(24)26)14-22(16-32-19)27(39)35-23-9-7-21(25(15-23)28(29,30)31)18-37(4)13-12-36(2)3;/h5-7,9,11,14-17H,12-13,18H2,1-4H3,(H,35,39);1H. The molecular weight excluding hydrogens is 543 g/mol. The summed E-state index contributed by atoms with van der Waals surface area (Å²) in [6.07, 6.45) is 0.0120. The highest BCUT2D eigenvalue weighted by atomic mass is 35.5. The molecule has 0 aliphatic rings. The molecule has 40 heavy (non-hydrogen) atoms. The molecule has 0 fully saturated rings. The maximum atomic E-state index is 13.9. The van der Waals surface area contributed by atoms with Gasteiger partial charge in [-0.2, -0.15) is 18.3 Å². The molecule has 1 amide bonds. The van der Waals surface area contributed by atoms with Crippen LogP contribution in [0.4, 0.5) is 18.9 Å². The maximum Gasteiger partial charge on any atom is 0.416 e. The summed E-state index contributed by atoms with van der Waals surface area (Å²) in [6, 6.07) is 8.97. The number of halogens is 4. The minimum atomic E-state index is -4.57. The van der Waals surface area contributed by atoms with E-state index >= 15 is 0 Å². The molecule has 0 spiro atoms. The first-order chi connectivity index (χ1) is 18.5. The number of aromatic nitrogens is 4. The summed E-state index contributed by atoms with van der Waals surface area (Å²) in [5.41, 5.74) is 1.87. The molecule has 1 aromatic carbocycles. The molecule has 0 atom stereocenters. The minimum absolute atomic E-state index is 0. The van der Waals surface area contributed by atoms with Gasteiger partial charge in [0.25, 0.3) is 5.91 Å². The van der Waals surface area contributed by atoms with Gasteiger partial charge in [0.1, 0.15) is 5.69 Å². The number of nitrogens with one attached hydrogen (secondary N) is 1. The van der Waals surface area contributed by atoms with Crippen molar-refractivity contribution in [2.45, 2.75) is 19.6 Å². The highest BCUT2D eigenvalue weighted by Crippen LogP contribution is 2.34. The second kappa shape index (κ2) is 12.9. The predicted octanol–water partition coefficient (Wildman–Crippen LogP) is 4.52. The number of hydrogen-bond donors (Lipinski definition) is 1. The second-order valence-electron chi connectivity index (χ2n) is 9.41. The Kier molecular flexibility index (Phi) is 9.87. The largest absolute Gasteiger partial charge is 0.416 e. The van der Waals surface area contributed by atoms with Gasteiger partial charge in [0, 0.05) is 43.3 Å². The molecule has 12 heteroatoms.